The Bertz CT molecular complexity index is 293. The van der Waals surface area contributed by atoms with Gasteiger partial charge in [0, 0.05) is 31.9 Å². The zero-order chi connectivity index (χ0) is 12.0. The molecule has 2 unspecified atom stereocenters. The van der Waals surface area contributed by atoms with Crippen LogP contribution >= 0.6 is 0 Å². The Morgan fingerprint density at radius 3 is 2.69 bits per heavy atom. The summed E-state index contributed by atoms with van der Waals surface area (Å²) in [5.41, 5.74) is 0. The van der Waals surface area contributed by atoms with E-state index in [1.807, 2.05) is 12.4 Å². The van der Waals surface area contributed by atoms with E-state index in [1.54, 1.807) is 0 Å². The van der Waals surface area contributed by atoms with E-state index in [4.69, 9.17) is 0 Å². The third-order valence-electron chi connectivity index (χ3n) is 3.31. The van der Waals surface area contributed by atoms with Crippen LogP contribution in [0, 0.1) is 5.92 Å². The van der Waals surface area contributed by atoms with Crippen LogP contribution in [0.3, 0.4) is 0 Å². The molecular weight excluding hydrogens is 198 g/mol. The van der Waals surface area contributed by atoms with Gasteiger partial charge in [-0.25, -0.2) is 4.98 Å². The molecule has 0 saturated heterocycles. The second-order valence-electron chi connectivity index (χ2n) is 4.60. The number of hydrogen-bond donors (Lipinski definition) is 1. The minimum atomic E-state index is 0.547. The van der Waals surface area contributed by atoms with E-state index < -0.39 is 0 Å². The third kappa shape index (κ3) is 3.63. The van der Waals surface area contributed by atoms with Crippen LogP contribution in [0.4, 0.5) is 0 Å². The minimum Gasteiger partial charge on any atom is -0.338 e. The first-order valence-corrected chi connectivity index (χ1v) is 6.38. The summed E-state index contributed by atoms with van der Waals surface area (Å²) in [4.78, 5) is 4.40. The number of nitrogens with one attached hydrogen (secondary N) is 1. The molecule has 3 nitrogen and oxygen atoms in total. The molecule has 3 heteroatoms. The van der Waals surface area contributed by atoms with E-state index in [-0.39, 0.29) is 0 Å². The van der Waals surface area contributed by atoms with Gasteiger partial charge in [-0.05, 0) is 18.9 Å². The molecule has 0 bridgehead atoms. The fourth-order valence-corrected chi connectivity index (χ4v) is 1.88. The van der Waals surface area contributed by atoms with Gasteiger partial charge < -0.3 is 9.88 Å². The molecule has 0 aliphatic heterocycles. The van der Waals surface area contributed by atoms with Gasteiger partial charge in [-0.3, -0.25) is 0 Å². The van der Waals surface area contributed by atoms with Crippen LogP contribution in [0.2, 0.25) is 0 Å². The zero-order valence-corrected chi connectivity index (χ0v) is 11.0. The summed E-state index contributed by atoms with van der Waals surface area (Å²) in [5, 5.41) is 3.63. The first-order valence-electron chi connectivity index (χ1n) is 6.38. The lowest BCUT2D eigenvalue weighted by Gasteiger charge is -2.24. The van der Waals surface area contributed by atoms with Gasteiger partial charge in [0.05, 0.1) is 0 Å². The summed E-state index contributed by atoms with van der Waals surface area (Å²) in [5.74, 6) is 1.87. The summed E-state index contributed by atoms with van der Waals surface area (Å²) in [7, 11) is 2.07. The van der Waals surface area contributed by atoms with Crippen molar-refractivity contribution in [3.8, 4) is 0 Å². The first-order chi connectivity index (χ1) is 7.69. The molecule has 0 radical (unpaired) electrons. The highest BCUT2D eigenvalue weighted by Gasteiger charge is 2.17. The van der Waals surface area contributed by atoms with Crippen molar-refractivity contribution in [1.29, 1.82) is 0 Å². The van der Waals surface area contributed by atoms with Crippen molar-refractivity contribution >= 4 is 0 Å². The van der Waals surface area contributed by atoms with Crippen LogP contribution in [0.1, 0.15) is 39.4 Å². The molecule has 0 aliphatic carbocycles. The summed E-state index contributed by atoms with van der Waals surface area (Å²) in [6, 6.07) is 0.547. The number of hydrogen-bond acceptors (Lipinski definition) is 2. The van der Waals surface area contributed by atoms with E-state index in [0.29, 0.717) is 12.0 Å². The van der Waals surface area contributed by atoms with E-state index in [9.17, 15) is 0 Å². The smallest absolute Gasteiger partial charge is 0.109 e. The lowest BCUT2D eigenvalue weighted by molar-refractivity contribution is 0.358. The van der Waals surface area contributed by atoms with Gasteiger partial charge in [0.25, 0.3) is 0 Å². The van der Waals surface area contributed by atoms with Gasteiger partial charge in [-0.15, -0.1) is 0 Å². The monoisotopic (exact) mass is 223 g/mol. The fourth-order valence-electron chi connectivity index (χ4n) is 1.88. The van der Waals surface area contributed by atoms with Crippen LogP contribution in [0.25, 0.3) is 0 Å². The van der Waals surface area contributed by atoms with Crippen LogP contribution in [-0.2, 0) is 13.5 Å². The van der Waals surface area contributed by atoms with E-state index >= 15 is 0 Å². The second-order valence-corrected chi connectivity index (χ2v) is 4.60. The summed E-state index contributed by atoms with van der Waals surface area (Å²) in [6.45, 7) is 7.88. The predicted octanol–water partition coefficient (Wildman–Crippen LogP) is 2.38. The number of rotatable bonds is 7. The van der Waals surface area contributed by atoms with E-state index in [2.05, 4.69) is 42.7 Å². The normalized spacial score (nSPS) is 15.0. The fraction of sp³-hybridized carbons (Fsp3) is 0.769. The quantitative estimate of drug-likeness (QED) is 0.769. The second kappa shape index (κ2) is 6.69. The molecule has 0 aliphatic rings. The highest BCUT2D eigenvalue weighted by Crippen LogP contribution is 2.12. The number of nitrogens with zero attached hydrogens (tertiary/aromatic N) is 2. The topological polar surface area (TPSA) is 29.9 Å². The maximum atomic E-state index is 4.40. The van der Waals surface area contributed by atoms with Gasteiger partial charge in [-0.2, -0.15) is 0 Å². The highest BCUT2D eigenvalue weighted by atomic mass is 15.0. The van der Waals surface area contributed by atoms with Gasteiger partial charge in [0.1, 0.15) is 5.82 Å². The molecule has 0 spiro atoms. The Hall–Kier alpha value is -0.830. The molecule has 1 aromatic rings. The molecule has 0 saturated carbocycles. The largest absolute Gasteiger partial charge is 0.338 e. The minimum absolute atomic E-state index is 0.547. The molecule has 1 aromatic heterocycles. The van der Waals surface area contributed by atoms with Crippen molar-refractivity contribution in [1.82, 2.24) is 14.9 Å². The van der Waals surface area contributed by atoms with E-state index in [1.165, 1.54) is 18.7 Å². The number of imidazole rings is 1. The molecular formula is C13H25N3. The molecule has 16 heavy (non-hydrogen) atoms. The average molecular weight is 223 g/mol. The Labute approximate surface area is 99.3 Å². The molecule has 0 fully saturated rings. The van der Waals surface area contributed by atoms with E-state index in [0.717, 1.165) is 13.0 Å². The maximum absolute atomic E-state index is 4.40. The van der Waals surface area contributed by atoms with Gasteiger partial charge >= 0.3 is 0 Å². The van der Waals surface area contributed by atoms with Gasteiger partial charge in [0.2, 0.25) is 0 Å². The van der Waals surface area contributed by atoms with Crippen LogP contribution in [-0.4, -0.2) is 22.1 Å². The standard InChI is InChI=1S/C13H25N3/c1-5-7-14-12(11(3)6-2)10-13-15-8-9-16(13)4/h8-9,11-12,14H,5-7,10H2,1-4H3. The first kappa shape index (κ1) is 13.2. The van der Waals surface area contributed by atoms with Crippen LogP contribution < -0.4 is 5.32 Å². The Morgan fingerprint density at radius 2 is 2.19 bits per heavy atom. The van der Waals surface area contributed by atoms with Crippen molar-refractivity contribution in [3.63, 3.8) is 0 Å². The van der Waals surface area contributed by atoms with Gasteiger partial charge in [0.15, 0.2) is 0 Å². The molecule has 0 aromatic carbocycles. The van der Waals surface area contributed by atoms with Crippen molar-refractivity contribution in [2.75, 3.05) is 6.54 Å². The maximum Gasteiger partial charge on any atom is 0.109 e. The Balaban J connectivity index is 2.59. The molecule has 92 valence electrons. The molecule has 1 rings (SSSR count). The highest BCUT2D eigenvalue weighted by molar-refractivity contribution is 4.95. The summed E-state index contributed by atoms with van der Waals surface area (Å²) >= 11 is 0. The molecule has 1 N–H and O–H groups in total. The van der Waals surface area contributed by atoms with Gasteiger partial charge in [-0.1, -0.05) is 27.2 Å². The average Bonchev–Trinajstić information content (AvgIpc) is 2.69. The third-order valence-corrected chi connectivity index (χ3v) is 3.31. The van der Waals surface area contributed by atoms with Crippen LogP contribution in [0.5, 0.6) is 0 Å². The van der Waals surface area contributed by atoms with Crippen LogP contribution in [0.15, 0.2) is 12.4 Å². The lowest BCUT2D eigenvalue weighted by Crippen LogP contribution is -2.37. The molecule has 0 amide bonds. The Morgan fingerprint density at radius 1 is 1.44 bits per heavy atom. The SMILES string of the molecule is CCCNC(Cc1nccn1C)C(C)CC. The predicted molar refractivity (Wildman–Crippen MR) is 68.4 cm³/mol. The van der Waals surface area contributed by atoms with Crippen molar-refractivity contribution in [2.24, 2.45) is 13.0 Å². The Kier molecular flexibility index (Phi) is 5.53. The number of aromatic nitrogens is 2. The van der Waals surface area contributed by atoms with Crippen molar-refractivity contribution < 1.29 is 0 Å². The summed E-state index contributed by atoms with van der Waals surface area (Å²) in [6.07, 6.45) is 7.32. The molecule has 1 heterocycles. The van der Waals surface area contributed by atoms with Crippen molar-refractivity contribution in [3.05, 3.63) is 18.2 Å². The lowest BCUT2D eigenvalue weighted by atomic mass is 9.96. The van der Waals surface area contributed by atoms with Crippen molar-refractivity contribution in [2.45, 2.75) is 46.1 Å². The number of aryl methyl sites for hydroxylation is 1. The molecule has 2 atom stereocenters. The summed E-state index contributed by atoms with van der Waals surface area (Å²) < 4.78 is 2.11. The zero-order valence-electron chi connectivity index (χ0n) is 11.0.